The van der Waals surface area contributed by atoms with Crippen LogP contribution >= 0.6 is 0 Å². The van der Waals surface area contributed by atoms with Gasteiger partial charge in [-0.3, -0.25) is 9.59 Å². The molecule has 0 aliphatic carbocycles. The molecule has 286 valence electrons. The second-order valence-electron chi connectivity index (χ2n) is 15.0. The number of aliphatic hydroxyl groups is 1. The van der Waals surface area contributed by atoms with Crippen LogP contribution in [0.2, 0.25) is 0 Å². The van der Waals surface area contributed by atoms with Gasteiger partial charge in [-0.05, 0) is 18.8 Å². The first-order valence-electron chi connectivity index (χ1n) is 21.5. The first kappa shape index (κ1) is 46.9. The molecular formula is C43H84O5. The highest BCUT2D eigenvalue weighted by Gasteiger charge is 2.16. The van der Waals surface area contributed by atoms with Gasteiger partial charge in [0.05, 0.1) is 6.61 Å². The molecule has 0 radical (unpaired) electrons. The summed E-state index contributed by atoms with van der Waals surface area (Å²) in [5.41, 5.74) is 0. The third-order valence-electron chi connectivity index (χ3n) is 10.2. The maximum atomic E-state index is 12.2. The Balaban J connectivity index is 3.48. The highest BCUT2D eigenvalue weighted by Crippen LogP contribution is 2.17. The minimum absolute atomic E-state index is 0.0573. The molecule has 0 saturated heterocycles. The third kappa shape index (κ3) is 36.2. The Morgan fingerprint density at radius 3 is 1.17 bits per heavy atom. The molecule has 5 heteroatoms. The standard InChI is InChI=1S/C43H84O5/c1-4-6-7-8-9-10-11-12-13-14-19-22-25-28-31-34-37-43(46)48-41(38-44)39-47-42(45)36-33-30-27-24-21-18-16-15-17-20-23-26-29-32-35-40(3)5-2/h40-41,44H,4-39H2,1-3H3/t40?,41-/m0/s1. The Labute approximate surface area is 299 Å². The Kier molecular flexibility index (Phi) is 37.8. The summed E-state index contributed by atoms with van der Waals surface area (Å²) < 4.78 is 10.6. The van der Waals surface area contributed by atoms with Crippen LogP contribution in [0.1, 0.15) is 239 Å². The minimum Gasteiger partial charge on any atom is -0.462 e. The van der Waals surface area contributed by atoms with Crippen LogP contribution in [0.3, 0.4) is 0 Å². The molecule has 0 bridgehead atoms. The maximum Gasteiger partial charge on any atom is 0.306 e. The van der Waals surface area contributed by atoms with Gasteiger partial charge in [-0.2, -0.15) is 0 Å². The van der Waals surface area contributed by atoms with Crippen molar-refractivity contribution in [1.29, 1.82) is 0 Å². The summed E-state index contributed by atoms with van der Waals surface area (Å²) in [5.74, 6) is 0.329. The molecule has 1 unspecified atom stereocenters. The molecule has 0 aromatic heterocycles. The van der Waals surface area contributed by atoms with Crippen LogP contribution in [0.15, 0.2) is 0 Å². The molecule has 2 atom stereocenters. The Morgan fingerprint density at radius 2 is 0.812 bits per heavy atom. The van der Waals surface area contributed by atoms with Crippen molar-refractivity contribution in [2.24, 2.45) is 5.92 Å². The van der Waals surface area contributed by atoms with Gasteiger partial charge in [0.25, 0.3) is 0 Å². The Bertz CT molecular complexity index is 666. The van der Waals surface area contributed by atoms with Crippen LogP contribution in [0, 0.1) is 5.92 Å². The van der Waals surface area contributed by atoms with Gasteiger partial charge < -0.3 is 14.6 Å². The number of unbranched alkanes of at least 4 members (excludes halogenated alkanes) is 28. The van der Waals surface area contributed by atoms with Gasteiger partial charge in [0.2, 0.25) is 0 Å². The Morgan fingerprint density at radius 1 is 0.479 bits per heavy atom. The van der Waals surface area contributed by atoms with Crippen LogP contribution in [0.25, 0.3) is 0 Å². The van der Waals surface area contributed by atoms with Crippen LogP contribution in [-0.4, -0.2) is 36.4 Å². The van der Waals surface area contributed by atoms with Crippen molar-refractivity contribution in [3.63, 3.8) is 0 Å². The van der Waals surface area contributed by atoms with Crippen molar-refractivity contribution >= 4 is 11.9 Å². The topological polar surface area (TPSA) is 72.8 Å². The van der Waals surface area contributed by atoms with E-state index >= 15 is 0 Å². The molecule has 0 amide bonds. The van der Waals surface area contributed by atoms with E-state index < -0.39 is 6.10 Å². The zero-order valence-electron chi connectivity index (χ0n) is 32.7. The van der Waals surface area contributed by atoms with Crippen LogP contribution in [0.4, 0.5) is 0 Å². The van der Waals surface area contributed by atoms with Crippen molar-refractivity contribution in [3.05, 3.63) is 0 Å². The number of aliphatic hydroxyl groups excluding tert-OH is 1. The molecule has 0 aromatic carbocycles. The van der Waals surface area contributed by atoms with Gasteiger partial charge >= 0.3 is 11.9 Å². The van der Waals surface area contributed by atoms with E-state index in [1.165, 1.54) is 173 Å². The van der Waals surface area contributed by atoms with E-state index in [1.54, 1.807) is 0 Å². The molecular weight excluding hydrogens is 596 g/mol. The summed E-state index contributed by atoms with van der Waals surface area (Å²) in [4.78, 5) is 24.3. The van der Waals surface area contributed by atoms with Crippen molar-refractivity contribution < 1.29 is 24.2 Å². The van der Waals surface area contributed by atoms with E-state index in [2.05, 4.69) is 20.8 Å². The molecule has 1 N–H and O–H groups in total. The molecule has 0 aliphatic heterocycles. The van der Waals surface area contributed by atoms with Gasteiger partial charge in [0.15, 0.2) is 6.10 Å². The lowest BCUT2D eigenvalue weighted by Gasteiger charge is -2.15. The lowest BCUT2D eigenvalue weighted by molar-refractivity contribution is -0.161. The predicted octanol–water partition coefficient (Wildman–Crippen LogP) is 13.4. The molecule has 0 aromatic rings. The summed E-state index contributed by atoms with van der Waals surface area (Å²) in [6.07, 6.45) is 41.6. The van der Waals surface area contributed by atoms with E-state index in [1.807, 2.05) is 0 Å². The zero-order valence-corrected chi connectivity index (χ0v) is 32.7. The van der Waals surface area contributed by atoms with Crippen LogP contribution < -0.4 is 0 Å². The van der Waals surface area contributed by atoms with E-state index in [-0.39, 0.29) is 25.2 Å². The molecule has 0 spiro atoms. The fourth-order valence-corrected chi connectivity index (χ4v) is 6.53. The summed E-state index contributed by atoms with van der Waals surface area (Å²) >= 11 is 0. The number of hydrogen-bond acceptors (Lipinski definition) is 5. The quantitative estimate of drug-likeness (QED) is 0.0517. The normalized spacial score (nSPS) is 12.7. The van der Waals surface area contributed by atoms with Crippen molar-refractivity contribution in [1.82, 2.24) is 0 Å². The molecule has 0 rings (SSSR count). The van der Waals surface area contributed by atoms with Gasteiger partial charge in [-0.15, -0.1) is 0 Å². The van der Waals surface area contributed by atoms with Gasteiger partial charge in [0.1, 0.15) is 6.61 Å². The number of hydrogen-bond donors (Lipinski definition) is 1. The van der Waals surface area contributed by atoms with E-state index in [9.17, 15) is 14.7 Å². The Hall–Kier alpha value is -1.10. The average Bonchev–Trinajstić information content (AvgIpc) is 3.09. The number of ether oxygens (including phenoxy) is 2. The maximum absolute atomic E-state index is 12.2. The molecule has 0 saturated carbocycles. The van der Waals surface area contributed by atoms with Crippen molar-refractivity contribution in [2.75, 3.05) is 13.2 Å². The van der Waals surface area contributed by atoms with Gasteiger partial charge in [-0.1, -0.05) is 213 Å². The van der Waals surface area contributed by atoms with E-state index in [4.69, 9.17) is 9.47 Å². The number of carbonyl (C=O) groups is 2. The molecule has 0 heterocycles. The fraction of sp³-hybridized carbons (Fsp3) is 0.953. The minimum atomic E-state index is -0.762. The first-order valence-corrected chi connectivity index (χ1v) is 21.5. The van der Waals surface area contributed by atoms with E-state index in [0.29, 0.717) is 12.8 Å². The first-order chi connectivity index (χ1) is 23.5. The molecule has 0 fully saturated rings. The SMILES string of the molecule is CCCCCCCCCCCCCCCCCCC(=O)O[C@@H](CO)COC(=O)CCCCCCCCCCCCCCCCC(C)CC. The van der Waals surface area contributed by atoms with Crippen molar-refractivity contribution in [3.8, 4) is 0 Å². The predicted molar refractivity (Wildman–Crippen MR) is 205 cm³/mol. The average molecular weight is 681 g/mol. The van der Waals surface area contributed by atoms with Crippen LogP contribution in [0.5, 0.6) is 0 Å². The molecule has 48 heavy (non-hydrogen) atoms. The molecule has 0 aliphatic rings. The number of rotatable bonds is 39. The summed E-state index contributed by atoms with van der Waals surface area (Å²) in [6.45, 7) is 6.56. The lowest BCUT2D eigenvalue weighted by Crippen LogP contribution is -2.28. The summed E-state index contributed by atoms with van der Waals surface area (Å²) in [6, 6.07) is 0. The van der Waals surface area contributed by atoms with Gasteiger partial charge in [0, 0.05) is 12.8 Å². The zero-order chi connectivity index (χ0) is 35.2. The second kappa shape index (κ2) is 38.7. The number of carbonyl (C=O) groups excluding carboxylic acids is 2. The monoisotopic (exact) mass is 681 g/mol. The van der Waals surface area contributed by atoms with Gasteiger partial charge in [-0.25, -0.2) is 0 Å². The molecule has 5 nitrogen and oxygen atoms in total. The highest BCUT2D eigenvalue weighted by molar-refractivity contribution is 5.70. The third-order valence-corrected chi connectivity index (χ3v) is 10.2. The highest BCUT2D eigenvalue weighted by atomic mass is 16.6. The van der Waals surface area contributed by atoms with Crippen LogP contribution in [-0.2, 0) is 19.1 Å². The fourth-order valence-electron chi connectivity index (χ4n) is 6.53. The largest absolute Gasteiger partial charge is 0.462 e. The van der Waals surface area contributed by atoms with E-state index in [0.717, 1.165) is 38.0 Å². The van der Waals surface area contributed by atoms with Crippen molar-refractivity contribution in [2.45, 2.75) is 245 Å². The number of esters is 2. The lowest BCUT2D eigenvalue weighted by atomic mass is 9.99. The summed E-state index contributed by atoms with van der Waals surface area (Å²) in [7, 11) is 0. The summed E-state index contributed by atoms with van der Waals surface area (Å²) in [5, 5.41) is 9.57. The second-order valence-corrected chi connectivity index (χ2v) is 15.0. The smallest absolute Gasteiger partial charge is 0.306 e.